The van der Waals surface area contributed by atoms with Gasteiger partial charge in [0, 0.05) is 18.1 Å². The maximum Gasteiger partial charge on any atom is 0.343 e. The second-order valence-electron chi connectivity index (χ2n) is 6.22. The highest BCUT2D eigenvalue weighted by Crippen LogP contribution is 2.30. The number of halogens is 1. The monoisotopic (exact) mass is 307 g/mol. The summed E-state index contributed by atoms with van der Waals surface area (Å²) in [5.41, 5.74) is 1.00. The third-order valence-corrected chi connectivity index (χ3v) is 4.03. The van der Waals surface area contributed by atoms with Gasteiger partial charge in [0.1, 0.15) is 6.67 Å². The quantitative estimate of drug-likeness (QED) is 0.796. The van der Waals surface area contributed by atoms with Gasteiger partial charge >= 0.3 is 6.03 Å². The third-order valence-electron chi connectivity index (χ3n) is 3.80. The van der Waals surface area contributed by atoms with Crippen LogP contribution in [0.3, 0.4) is 0 Å². The predicted molar refractivity (Wildman–Crippen MR) is 80.9 cm³/mol. The fraction of sp³-hybridized carbons (Fsp3) is 0.500. The van der Waals surface area contributed by atoms with E-state index in [1.165, 1.54) is 5.01 Å². The van der Waals surface area contributed by atoms with E-state index in [2.05, 4.69) is 24.3 Å². The molecule has 2 aliphatic rings. The maximum atomic E-state index is 12.4. The van der Waals surface area contributed by atoms with Crippen LogP contribution in [0.15, 0.2) is 34.7 Å². The molecule has 2 aliphatic heterocycles. The molecule has 1 fully saturated rings. The molecule has 0 atom stereocenters. The number of hydrogen-bond acceptors (Lipinski definition) is 4. The molecular weight excluding hydrogens is 290 g/mol. The van der Waals surface area contributed by atoms with Crippen molar-refractivity contribution in [2.24, 2.45) is 15.9 Å². The summed E-state index contributed by atoms with van der Waals surface area (Å²) < 4.78 is 0. The Morgan fingerprint density at radius 3 is 2.81 bits per heavy atom. The van der Waals surface area contributed by atoms with Crippen LogP contribution in [0.25, 0.3) is 0 Å². The number of likely N-dealkylation sites (tertiary alicyclic amines) is 1. The molecule has 6 nitrogen and oxygen atoms in total. The molecule has 0 aromatic heterocycles. The lowest BCUT2D eigenvalue weighted by Crippen LogP contribution is -2.41. The van der Waals surface area contributed by atoms with Crippen LogP contribution in [0.5, 0.6) is 0 Å². The molecular formula is C14H18ClN5O. The fourth-order valence-corrected chi connectivity index (χ4v) is 2.77. The molecule has 2 heterocycles. The zero-order valence-electron chi connectivity index (χ0n) is 12.2. The summed E-state index contributed by atoms with van der Waals surface area (Å²) in [7, 11) is 0. The van der Waals surface area contributed by atoms with Crippen LogP contribution in [-0.4, -0.2) is 35.7 Å². The number of amides is 2. The number of rotatable bonds is 1. The molecule has 0 spiro atoms. The van der Waals surface area contributed by atoms with Crippen LogP contribution in [0, 0.1) is 5.41 Å². The fourth-order valence-electron chi connectivity index (χ4n) is 2.59. The van der Waals surface area contributed by atoms with Crippen molar-refractivity contribution in [1.82, 2.24) is 9.91 Å². The van der Waals surface area contributed by atoms with Crippen LogP contribution in [0.4, 0.5) is 10.5 Å². The molecule has 1 saturated heterocycles. The van der Waals surface area contributed by atoms with Crippen molar-refractivity contribution >= 4 is 23.3 Å². The average molecular weight is 308 g/mol. The molecule has 0 aliphatic carbocycles. The van der Waals surface area contributed by atoms with Gasteiger partial charge in [-0.1, -0.05) is 31.5 Å². The highest BCUT2D eigenvalue weighted by atomic mass is 35.5. The Kier molecular flexibility index (Phi) is 3.49. The largest absolute Gasteiger partial charge is 0.343 e. The molecule has 0 saturated carbocycles. The predicted octanol–water partition coefficient (Wildman–Crippen LogP) is 3.55. The summed E-state index contributed by atoms with van der Waals surface area (Å²) in [6, 6.07) is 7.24. The number of benzene rings is 1. The molecule has 0 unspecified atom stereocenters. The van der Waals surface area contributed by atoms with Gasteiger partial charge in [-0.3, -0.25) is 0 Å². The van der Waals surface area contributed by atoms with Crippen molar-refractivity contribution in [3.63, 3.8) is 0 Å². The minimum Gasteiger partial charge on any atom is -0.323 e. The van der Waals surface area contributed by atoms with E-state index < -0.39 is 0 Å². The molecule has 7 heteroatoms. The molecule has 21 heavy (non-hydrogen) atoms. The summed E-state index contributed by atoms with van der Waals surface area (Å²) in [5.74, 6) is 0. The number of hydrogen-bond donors (Lipinski definition) is 0. The Morgan fingerprint density at radius 1 is 1.33 bits per heavy atom. The Morgan fingerprint density at radius 2 is 2.14 bits per heavy atom. The Hall–Kier alpha value is -1.82. The molecule has 2 amide bonds. The number of carbonyl (C=O) groups excluding carboxylic acids is 1. The Bertz CT molecular complexity index is 588. The smallest absolute Gasteiger partial charge is 0.323 e. The molecule has 1 aromatic carbocycles. The summed E-state index contributed by atoms with van der Waals surface area (Å²) in [4.78, 5) is 14.3. The van der Waals surface area contributed by atoms with E-state index in [4.69, 9.17) is 11.6 Å². The molecule has 0 bridgehead atoms. The number of carbonyl (C=O) groups is 1. The first-order valence-corrected chi connectivity index (χ1v) is 7.34. The SMILES string of the molecule is CC1(C)CCN(C(=O)N2CN(c3cccc(Cl)c3)N=N2)C1. The van der Waals surface area contributed by atoms with E-state index in [1.807, 2.05) is 17.0 Å². The lowest BCUT2D eigenvalue weighted by molar-refractivity contribution is 0.164. The highest BCUT2D eigenvalue weighted by molar-refractivity contribution is 6.30. The number of nitrogens with zero attached hydrogens (tertiary/aromatic N) is 5. The minimum atomic E-state index is -0.0890. The zero-order valence-corrected chi connectivity index (χ0v) is 12.9. The van der Waals surface area contributed by atoms with Gasteiger partial charge in [0.15, 0.2) is 0 Å². The topological polar surface area (TPSA) is 51.5 Å². The van der Waals surface area contributed by atoms with Crippen molar-refractivity contribution in [2.75, 3.05) is 24.8 Å². The van der Waals surface area contributed by atoms with Gasteiger partial charge in [-0.25, -0.2) is 9.80 Å². The highest BCUT2D eigenvalue weighted by Gasteiger charge is 2.36. The van der Waals surface area contributed by atoms with Crippen LogP contribution in [0.2, 0.25) is 5.02 Å². The van der Waals surface area contributed by atoms with Crippen LogP contribution >= 0.6 is 11.6 Å². The first kappa shape index (κ1) is 14.1. The molecule has 112 valence electrons. The van der Waals surface area contributed by atoms with Crippen LogP contribution in [0.1, 0.15) is 20.3 Å². The van der Waals surface area contributed by atoms with Crippen molar-refractivity contribution in [1.29, 1.82) is 0 Å². The summed E-state index contributed by atoms with van der Waals surface area (Å²) in [6.45, 7) is 6.19. The molecule has 0 radical (unpaired) electrons. The van der Waals surface area contributed by atoms with Crippen LogP contribution in [-0.2, 0) is 0 Å². The van der Waals surface area contributed by atoms with Crippen molar-refractivity contribution in [3.8, 4) is 0 Å². The van der Waals surface area contributed by atoms with E-state index in [1.54, 1.807) is 17.1 Å². The summed E-state index contributed by atoms with van der Waals surface area (Å²) >= 11 is 5.97. The average Bonchev–Trinajstić information content (AvgIpc) is 3.04. The minimum absolute atomic E-state index is 0.0890. The standard InChI is InChI=1S/C14H18ClN5O/c1-14(2)6-7-18(9-14)13(21)20-10-19(16-17-20)12-5-3-4-11(15)8-12/h3-5,8H,6-7,9-10H2,1-2H3. The van der Waals surface area contributed by atoms with E-state index in [0.717, 1.165) is 25.2 Å². The number of anilines is 1. The molecule has 3 rings (SSSR count). The number of urea groups is 1. The van der Waals surface area contributed by atoms with E-state index in [9.17, 15) is 4.79 Å². The lowest BCUT2D eigenvalue weighted by Gasteiger charge is -2.23. The lowest BCUT2D eigenvalue weighted by atomic mass is 9.93. The Balaban J connectivity index is 1.65. The van der Waals surface area contributed by atoms with Gasteiger partial charge in [-0.15, -0.1) is 0 Å². The summed E-state index contributed by atoms with van der Waals surface area (Å²) in [6.07, 6.45) is 1.02. The molecule has 1 aromatic rings. The second-order valence-corrected chi connectivity index (χ2v) is 6.65. The van der Waals surface area contributed by atoms with Gasteiger partial charge < -0.3 is 4.90 Å². The van der Waals surface area contributed by atoms with Gasteiger partial charge in [0.05, 0.1) is 5.69 Å². The van der Waals surface area contributed by atoms with Gasteiger partial charge in [0.25, 0.3) is 0 Å². The van der Waals surface area contributed by atoms with E-state index in [-0.39, 0.29) is 11.4 Å². The Labute approximate surface area is 128 Å². The van der Waals surface area contributed by atoms with Crippen molar-refractivity contribution in [2.45, 2.75) is 20.3 Å². The van der Waals surface area contributed by atoms with Crippen molar-refractivity contribution in [3.05, 3.63) is 29.3 Å². The van der Waals surface area contributed by atoms with Gasteiger partial charge in [0.2, 0.25) is 0 Å². The van der Waals surface area contributed by atoms with E-state index in [0.29, 0.717) is 11.7 Å². The van der Waals surface area contributed by atoms with E-state index >= 15 is 0 Å². The summed E-state index contributed by atoms with van der Waals surface area (Å²) in [5, 5.41) is 11.7. The first-order chi connectivity index (χ1) is 9.94. The van der Waals surface area contributed by atoms with Gasteiger partial charge in [-0.05, 0) is 40.5 Å². The third kappa shape index (κ3) is 2.95. The normalized spacial score (nSPS) is 20.4. The first-order valence-electron chi connectivity index (χ1n) is 6.96. The maximum absolute atomic E-state index is 12.4. The second kappa shape index (κ2) is 5.18. The molecule has 0 N–H and O–H groups in total. The van der Waals surface area contributed by atoms with Crippen LogP contribution < -0.4 is 5.01 Å². The zero-order chi connectivity index (χ0) is 15.0. The van der Waals surface area contributed by atoms with Gasteiger partial charge in [-0.2, -0.15) is 5.01 Å². The van der Waals surface area contributed by atoms with Crippen molar-refractivity contribution < 1.29 is 4.79 Å².